The molecule has 1 aromatic carbocycles. The minimum atomic E-state index is -0.226. The second-order valence-electron chi connectivity index (χ2n) is 4.57. The highest BCUT2D eigenvalue weighted by Crippen LogP contribution is 2.15. The van der Waals surface area contributed by atoms with Gasteiger partial charge >= 0.3 is 0 Å². The van der Waals surface area contributed by atoms with Crippen molar-refractivity contribution < 1.29 is 0 Å². The Morgan fingerprint density at radius 3 is 2.56 bits per heavy atom. The summed E-state index contributed by atoms with van der Waals surface area (Å²) in [6.45, 7) is 4.47. The summed E-state index contributed by atoms with van der Waals surface area (Å²) in [6.07, 6.45) is 1.59. The van der Waals surface area contributed by atoms with E-state index in [1.807, 2.05) is 26.0 Å². The fourth-order valence-electron chi connectivity index (χ4n) is 2.04. The van der Waals surface area contributed by atoms with Gasteiger partial charge in [0.25, 0.3) is 5.56 Å². The molecule has 94 valence electrons. The Balaban J connectivity index is 2.24. The van der Waals surface area contributed by atoms with Gasteiger partial charge in [0.05, 0.1) is 6.54 Å². The van der Waals surface area contributed by atoms with E-state index < -0.39 is 0 Å². The molecule has 0 aliphatic carbocycles. The van der Waals surface area contributed by atoms with Crippen molar-refractivity contribution in [2.24, 2.45) is 5.73 Å². The van der Waals surface area contributed by atoms with Crippen molar-refractivity contribution in [2.75, 3.05) is 0 Å². The van der Waals surface area contributed by atoms with Crippen LogP contribution in [0.1, 0.15) is 22.7 Å². The van der Waals surface area contributed by atoms with Crippen LogP contribution in [0, 0.1) is 13.8 Å². The Hall–Kier alpha value is -1.94. The van der Waals surface area contributed by atoms with E-state index in [4.69, 9.17) is 5.73 Å². The molecule has 1 unspecified atom stereocenters. The van der Waals surface area contributed by atoms with E-state index >= 15 is 0 Å². The number of aryl methyl sites for hydroxylation is 2. The summed E-state index contributed by atoms with van der Waals surface area (Å²) in [5.41, 5.74) is 9.39. The first-order valence-corrected chi connectivity index (χ1v) is 5.92. The molecule has 0 bridgehead atoms. The lowest BCUT2D eigenvalue weighted by molar-refractivity contribution is 0.503. The molecule has 18 heavy (non-hydrogen) atoms. The predicted octanol–water partition coefficient (Wildman–Crippen LogP) is 1.56. The summed E-state index contributed by atoms with van der Waals surface area (Å²) in [7, 11) is 0. The van der Waals surface area contributed by atoms with Crippen LogP contribution in [0.5, 0.6) is 0 Å². The second kappa shape index (κ2) is 5.14. The number of aromatic nitrogens is 2. The van der Waals surface area contributed by atoms with Crippen LogP contribution in [0.15, 0.2) is 41.3 Å². The molecule has 4 nitrogen and oxygen atoms in total. The smallest absolute Gasteiger partial charge is 0.266 e. The number of hydrogen-bond acceptors (Lipinski definition) is 3. The molecule has 0 spiro atoms. The fraction of sp³-hybridized carbons (Fsp3) is 0.286. The normalized spacial score (nSPS) is 12.4. The molecule has 2 rings (SSSR count). The van der Waals surface area contributed by atoms with E-state index in [-0.39, 0.29) is 11.6 Å². The summed E-state index contributed by atoms with van der Waals surface area (Å²) < 4.78 is 1.39. The molecule has 0 radical (unpaired) electrons. The summed E-state index contributed by atoms with van der Waals surface area (Å²) in [6, 6.07) is 9.08. The predicted molar refractivity (Wildman–Crippen MR) is 71.3 cm³/mol. The first-order chi connectivity index (χ1) is 8.56. The summed E-state index contributed by atoms with van der Waals surface area (Å²) in [5, 5.41) is 4.01. The molecule has 0 saturated heterocycles. The van der Waals surface area contributed by atoms with Crippen LogP contribution in [-0.4, -0.2) is 9.78 Å². The number of nitrogens with two attached hydrogens (primary N) is 1. The Morgan fingerprint density at radius 2 is 1.94 bits per heavy atom. The number of nitrogens with zero attached hydrogens (tertiary/aromatic N) is 2. The molecule has 0 aliphatic rings. The lowest BCUT2D eigenvalue weighted by atomic mass is 10.0. The van der Waals surface area contributed by atoms with Gasteiger partial charge < -0.3 is 5.73 Å². The highest BCUT2D eigenvalue weighted by molar-refractivity contribution is 5.30. The van der Waals surface area contributed by atoms with Crippen molar-refractivity contribution in [1.29, 1.82) is 0 Å². The van der Waals surface area contributed by atoms with Crippen molar-refractivity contribution in [3.05, 3.63) is 63.6 Å². The minimum Gasteiger partial charge on any atom is -0.322 e. The van der Waals surface area contributed by atoms with Crippen molar-refractivity contribution in [1.82, 2.24) is 9.78 Å². The molecule has 4 heteroatoms. The van der Waals surface area contributed by atoms with Crippen molar-refractivity contribution in [2.45, 2.75) is 26.4 Å². The van der Waals surface area contributed by atoms with Crippen LogP contribution in [0.4, 0.5) is 0 Å². The monoisotopic (exact) mass is 243 g/mol. The number of rotatable bonds is 3. The van der Waals surface area contributed by atoms with Crippen LogP contribution in [0.25, 0.3) is 0 Å². The van der Waals surface area contributed by atoms with E-state index in [2.05, 4.69) is 11.2 Å². The maximum atomic E-state index is 11.6. The average molecular weight is 243 g/mol. The first kappa shape index (κ1) is 12.5. The van der Waals surface area contributed by atoms with Gasteiger partial charge in [-0.1, -0.05) is 29.3 Å². The maximum Gasteiger partial charge on any atom is 0.266 e. The van der Waals surface area contributed by atoms with Crippen molar-refractivity contribution in [3.8, 4) is 0 Å². The quantitative estimate of drug-likeness (QED) is 0.890. The Labute approximate surface area is 106 Å². The number of hydrogen-bond donors (Lipinski definition) is 1. The van der Waals surface area contributed by atoms with Gasteiger partial charge in [-0.15, -0.1) is 0 Å². The highest BCUT2D eigenvalue weighted by Gasteiger charge is 2.09. The van der Waals surface area contributed by atoms with E-state index in [1.54, 1.807) is 12.3 Å². The topological polar surface area (TPSA) is 60.9 Å². The van der Waals surface area contributed by atoms with Crippen molar-refractivity contribution in [3.63, 3.8) is 0 Å². The van der Waals surface area contributed by atoms with Gasteiger partial charge in [0.2, 0.25) is 0 Å². The highest BCUT2D eigenvalue weighted by atomic mass is 16.1. The molecule has 1 atom stereocenters. The minimum absolute atomic E-state index is 0.127. The molecule has 1 heterocycles. The van der Waals surface area contributed by atoms with E-state index in [0.29, 0.717) is 6.54 Å². The molecule has 0 saturated carbocycles. The van der Waals surface area contributed by atoms with Gasteiger partial charge in [0, 0.05) is 18.3 Å². The molecular weight excluding hydrogens is 226 g/mol. The van der Waals surface area contributed by atoms with E-state index in [1.165, 1.54) is 21.9 Å². The SMILES string of the molecule is Cc1cc(C)cc(C(N)Cn2ncccc2=O)c1. The zero-order valence-corrected chi connectivity index (χ0v) is 10.6. The third kappa shape index (κ3) is 2.84. The first-order valence-electron chi connectivity index (χ1n) is 5.92. The molecular formula is C14H17N3O. The molecule has 0 aliphatic heterocycles. The molecule has 0 amide bonds. The maximum absolute atomic E-state index is 11.6. The fourth-order valence-corrected chi connectivity index (χ4v) is 2.04. The standard InChI is InChI=1S/C14H17N3O/c1-10-6-11(2)8-12(7-10)13(15)9-17-14(18)4-3-5-16-17/h3-8,13H,9,15H2,1-2H3. The summed E-state index contributed by atoms with van der Waals surface area (Å²) in [4.78, 5) is 11.6. The Morgan fingerprint density at radius 1 is 1.28 bits per heavy atom. The molecule has 2 aromatic rings. The zero-order chi connectivity index (χ0) is 13.1. The van der Waals surface area contributed by atoms with Gasteiger partial charge in [0.1, 0.15) is 0 Å². The third-order valence-electron chi connectivity index (χ3n) is 2.83. The van der Waals surface area contributed by atoms with Gasteiger partial charge in [-0.05, 0) is 25.5 Å². The second-order valence-corrected chi connectivity index (χ2v) is 4.57. The van der Waals surface area contributed by atoms with Gasteiger partial charge in [0.15, 0.2) is 0 Å². The largest absolute Gasteiger partial charge is 0.322 e. The molecule has 1 aromatic heterocycles. The van der Waals surface area contributed by atoms with Gasteiger partial charge in [-0.2, -0.15) is 5.10 Å². The summed E-state index contributed by atoms with van der Waals surface area (Å²) in [5.74, 6) is 0. The lowest BCUT2D eigenvalue weighted by Crippen LogP contribution is -2.28. The van der Waals surface area contributed by atoms with E-state index in [0.717, 1.165) is 5.56 Å². The van der Waals surface area contributed by atoms with Crippen LogP contribution >= 0.6 is 0 Å². The Kier molecular flexibility index (Phi) is 3.58. The summed E-state index contributed by atoms with van der Waals surface area (Å²) >= 11 is 0. The van der Waals surface area contributed by atoms with Crippen LogP contribution in [0.2, 0.25) is 0 Å². The van der Waals surface area contributed by atoms with Crippen LogP contribution < -0.4 is 11.3 Å². The molecule has 2 N–H and O–H groups in total. The van der Waals surface area contributed by atoms with Crippen molar-refractivity contribution >= 4 is 0 Å². The molecule has 0 fully saturated rings. The van der Waals surface area contributed by atoms with Crippen LogP contribution in [-0.2, 0) is 6.54 Å². The van der Waals surface area contributed by atoms with Gasteiger partial charge in [-0.25, -0.2) is 4.68 Å². The lowest BCUT2D eigenvalue weighted by Gasteiger charge is -2.14. The third-order valence-corrected chi connectivity index (χ3v) is 2.83. The van der Waals surface area contributed by atoms with Crippen LogP contribution in [0.3, 0.4) is 0 Å². The van der Waals surface area contributed by atoms with E-state index in [9.17, 15) is 4.79 Å². The zero-order valence-electron chi connectivity index (χ0n) is 10.6. The Bertz CT molecular complexity index is 584. The number of benzene rings is 1. The average Bonchev–Trinajstić information content (AvgIpc) is 2.31. The van der Waals surface area contributed by atoms with Gasteiger partial charge in [-0.3, -0.25) is 4.79 Å².